The first-order chi connectivity index (χ1) is 11.2. The van der Waals surface area contributed by atoms with E-state index in [1.807, 2.05) is 23.6 Å². The predicted octanol–water partition coefficient (Wildman–Crippen LogP) is 4.35. The van der Waals surface area contributed by atoms with Gasteiger partial charge in [0.05, 0.1) is 11.8 Å². The topological polar surface area (TPSA) is 66.6 Å². The number of hydrogen-bond donors (Lipinski definition) is 0. The number of carbonyl (C=O) groups excluding carboxylic acids is 1. The first kappa shape index (κ1) is 15.3. The molecule has 0 spiro atoms. The number of pyridine rings is 1. The number of halogens is 1. The van der Waals surface area contributed by atoms with Crippen LogP contribution < -0.4 is 0 Å². The molecule has 112 valence electrons. The molecule has 0 radical (unpaired) electrons. The summed E-state index contributed by atoms with van der Waals surface area (Å²) in [6, 6.07) is 12.3. The van der Waals surface area contributed by atoms with Gasteiger partial charge in [-0.1, -0.05) is 23.7 Å². The summed E-state index contributed by atoms with van der Waals surface area (Å²) in [5.41, 5.74) is 2.03. The summed E-state index contributed by atoms with van der Waals surface area (Å²) in [4.78, 5) is 20.9. The number of ketones is 1. The lowest BCUT2D eigenvalue weighted by Gasteiger charge is -2.05. The van der Waals surface area contributed by atoms with Crippen molar-refractivity contribution in [3.63, 3.8) is 0 Å². The molecule has 0 fully saturated rings. The van der Waals surface area contributed by atoms with E-state index in [1.54, 1.807) is 36.7 Å². The lowest BCUT2D eigenvalue weighted by Crippen LogP contribution is -2.11. The molecule has 0 aliphatic rings. The Bertz CT molecular complexity index is 886. The van der Waals surface area contributed by atoms with E-state index in [9.17, 15) is 10.1 Å². The molecule has 23 heavy (non-hydrogen) atoms. The van der Waals surface area contributed by atoms with Crippen LogP contribution in [0.5, 0.6) is 0 Å². The fourth-order valence-corrected chi connectivity index (χ4v) is 3.17. The predicted molar refractivity (Wildman–Crippen MR) is 89.5 cm³/mol. The minimum absolute atomic E-state index is 0.300. The third-order valence-corrected chi connectivity index (χ3v) is 4.39. The average Bonchev–Trinajstić information content (AvgIpc) is 3.06. The van der Waals surface area contributed by atoms with Gasteiger partial charge in [-0.25, -0.2) is 4.98 Å². The van der Waals surface area contributed by atoms with Gasteiger partial charge in [-0.2, -0.15) is 5.26 Å². The summed E-state index contributed by atoms with van der Waals surface area (Å²) < 4.78 is 0. The second-order valence-corrected chi connectivity index (χ2v) is 6.07. The highest BCUT2D eigenvalue weighted by atomic mass is 35.5. The molecule has 3 aromatic rings. The number of nitriles is 1. The molecule has 0 aliphatic carbocycles. The van der Waals surface area contributed by atoms with Gasteiger partial charge in [0.15, 0.2) is 11.7 Å². The van der Waals surface area contributed by atoms with E-state index in [1.165, 1.54) is 11.3 Å². The van der Waals surface area contributed by atoms with Crippen LogP contribution in [-0.4, -0.2) is 15.8 Å². The number of carbonyl (C=O) groups is 1. The van der Waals surface area contributed by atoms with E-state index in [0.29, 0.717) is 15.6 Å². The lowest BCUT2D eigenvalue weighted by molar-refractivity contribution is 0.0979. The second-order valence-electron chi connectivity index (χ2n) is 4.74. The summed E-state index contributed by atoms with van der Waals surface area (Å²) in [7, 11) is 0. The highest BCUT2D eigenvalue weighted by Gasteiger charge is 2.25. The highest BCUT2D eigenvalue weighted by molar-refractivity contribution is 7.10. The normalized spacial score (nSPS) is 11.7. The molecular weight excluding hydrogens is 330 g/mol. The Morgan fingerprint density at radius 2 is 2.04 bits per heavy atom. The van der Waals surface area contributed by atoms with E-state index in [4.69, 9.17) is 11.6 Å². The van der Waals surface area contributed by atoms with Crippen molar-refractivity contribution < 1.29 is 4.79 Å². The first-order valence-corrected chi connectivity index (χ1v) is 8.00. The highest BCUT2D eigenvalue weighted by Crippen LogP contribution is 2.28. The van der Waals surface area contributed by atoms with Gasteiger partial charge >= 0.3 is 0 Å². The van der Waals surface area contributed by atoms with Crippen LogP contribution in [0.15, 0.2) is 54.2 Å². The quantitative estimate of drug-likeness (QED) is 0.663. The summed E-state index contributed by atoms with van der Waals surface area (Å²) in [5, 5.41) is 12.2. The maximum absolute atomic E-state index is 12.5. The fourth-order valence-electron chi connectivity index (χ4n) is 2.11. The molecule has 1 aromatic carbocycles. The number of thiazole rings is 1. The number of nitrogens with zero attached hydrogens (tertiary/aromatic N) is 3. The zero-order chi connectivity index (χ0) is 16.2. The SMILES string of the molecule is N#C[C@@H](C(=O)c1cccc(Cl)c1)c1nc(-c2ccncc2)cs1. The maximum Gasteiger partial charge on any atom is 0.186 e. The van der Waals surface area contributed by atoms with Gasteiger partial charge < -0.3 is 0 Å². The molecule has 4 nitrogen and oxygen atoms in total. The molecule has 0 unspecified atom stereocenters. The van der Waals surface area contributed by atoms with Gasteiger partial charge in [0.1, 0.15) is 5.01 Å². The van der Waals surface area contributed by atoms with E-state index in [0.717, 1.165) is 11.3 Å². The Hall–Kier alpha value is -2.55. The van der Waals surface area contributed by atoms with Crippen LogP contribution in [0.25, 0.3) is 11.3 Å². The van der Waals surface area contributed by atoms with Crippen molar-refractivity contribution in [1.82, 2.24) is 9.97 Å². The zero-order valence-corrected chi connectivity index (χ0v) is 13.4. The molecule has 0 aliphatic heterocycles. The van der Waals surface area contributed by atoms with Crippen LogP contribution in [0.3, 0.4) is 0 Å². The second kappa shape index (κ2) is 6.69. The minimum Gasteiger partial charge on any atom is -0.292 e. The number of Topliss-reactive ketones (excluding diaryl/α,β-unsaturated/α-hetero) is 1. The van der Waals surface area contributed by atoms with E-state index >= 15 is 0 Å². The Balaban J connectivity index is 1.92. The number of aromatic nitrogens is 2. The molecule has 3 rings (SSSR count). The van der Waals surface area contributed by atoms with Gasteiger partial charge in [-0.3, -0.25) is 9.78 Å². The Labute approximate surface area is 142 Å². The fraction of sp³-hybridized carbons (Fsp3) is 0.0588. The molecule has 6 heteroatoms. The lowest BCUT2D eigenvalue weighted by atomic mass is 9.99. The van der Waals surface area contributed by atoms with Gasteiger partial charge in [0, 0.05) is 33.9 Å². The third-order valence-electron chi connectivity index (χ3n) is 3.25. The van der Waals surface area contributed by atoms with E-state index in [2.05, 4.69) is 9.97 Å². The first-order valence-electron chi connectivity index (χ1n) is 6.74. The Kier molecular flexibility index (Phi) is 4.47. The molecule has 0 amide bonds. The summed E-state index contributed by atoms with van der Waals surface area (Å²) in [6.45, 7) is 0. The van der Waals surface area contributed by atoms with E-state index < -0.39 is 5.92 Å². The number of rotatable bonds is 4. The molecule has 0 bridgehead atoms. The molecule has 0 saturated carbocycles. The number of hydrogen-bond acceptors (Lipinski definition) is 5. The van der Waals surface area contributed by atoms with Gasteiger partial charge in [-0.05, 0) is 24.3 Å². The molecule has 0 saturated heterocycles. The summed E-state index contributed by atoms with van der Waals surface area (Å²) in [5.74, 6) is -1.24. The third kappa shape index (κ3) is 3.29. The van der Waals surface area contributed by atoms with Crippen LogP contribution in [0.1, 0.15) is 21.3 Å². The van der Waals surface area contributed by atoms with Gasteiger partial charge in [0.25, 0.3) is 0 Å². The van der Waals surface area contributed by atoms with Crippen molar-refractivity contribution in [3.8, 4) is 17.3 Å². The van der Waals surface area contributed by atoms with Crippen molar-refractivity contribution in [2.45, 2.75) is 5.92 Å². The average molecular weight is 340 g/mol. The Morgan fingerprint density at radius 3 is 2.74 bits per heavy atom. The van der Waals surface area contributed by atoms with Crippen molar-refractivity contribution in [3.05, 3.63) is 69.8 Å². The standard InChI is InChI=1S/C17H10ClN3OS/c18-13-3-1-2-12(8-13)16(22)14(9-19)17-21-15(10-23-17)11-4-6-20-7-5-11/h1-8,10,14H/t14-/m0/s1. The van der Waals surface area contributed by atoms with Crippen LogP contribution in [-0.2, 0) is 0 Å². The van der Waals surface area contributed by atoms with Crippen molar-refractivity contribution in [2.24, 2.45) is 0 Å². The van der Waals surface area contributed by atoms with E-state index in [-0.39, 0.29) is 5.78 Å². The molecule has 2 heterocycles. The molecule has 1 atom stereocenters. The molecule has 0 N–H and O–H groups in total. The molecule has 2 aromatic heterocycles. The smallest absolute Gasteiger partial charge is 0.186 e. The van der Waals surface area contributed by atoms with Crippen LogP contribution in [0, 0.1) is 11.3 Å². The summed E-state index contributed by atoms with van der Waals surface area (Å²) >= 11 is 7.21. The Morgan fingerprint density at radius 1 is 1.26 bits per heavy atom. The number of benzene rings is 1. The van der Waals surface area contributed by atoms with Gasteiger partial charge in [0.2, 0.25) is 0 Å². The maximum atomic E-state index is 12.5. The van der Waals surface area contributed by atoms with Crippen molar-refractivity contribution in [1.29, 1.82) is 5.26 Å². The van der Waals surface area contributed by atoms with Crippen LogP contribution in [0.2, 0.25) is 5.02 Å². The van der Waals surface area contributed by atoms with Crippen molar-refractivity contribution in [2.75, 3.05) is 0 Å². The zero-order valence-electron chi connectivity index (χ0n) is 11.8. The molecular formula is C17H10ClN3OS. The van der Waals surface area contributed by atoms with Crippen molar-refractivity contribution >= 4 is 28.7 Å². The summed E-state index contributed by atoms with van der Waals surface area (Å²) in [6.07, 6.45) is 3.35. The van der Waals surface area contributed by atoms with Crippen LogP contribution >= 0.6 is 22.9 Å². The van der Waals surface area contributed by atoms with Crippen LogP contribution in [0.4, 0.5) is 0 Å². The van der Waals surface area contributed by atoms with Gasteiger partial charge in [-0.15, -0.1) is 11.3 Å². The minimum atomic E-state index is -0.936. The monoisotopic (exact) mass is 339 g/mol. The largest absolute Gasteiger partial charge is 0.292 e.